The Morgan fingerprint density at radius 2 is 1.72 bits per heavy atom. The first-order chi connectivity index (χ1) is 13.9. The lowest BCUT2D eigenvalue weighted by molar-refractivity contribution is -0.133. The van der Waals surface area contributed by atoms with E-state index >= 15 is 0 Å². The van der Waals surface area contributed by atoms with Gasteiger partial charge in [-0.3, -0.25) is 4.79 Å². The third-order valence-corrected chi connectivity index (χ3v) is 5.72. The van der Waals surface area contributed by atoms with Crippen molar-refractivity contribution < 1.29 is 23.8 Å². The highest BCUT2D eigenvalue weighted by molar-refractivity contribution is 7.20. The third kappa shape index (κ3) is 4.68. The summed E-state index contributed by atoms with van der Waals surface area (Å²) in [5.74, 6) is 0.467. The summed E-state index contributed by atoms with van der Waals surface area (Å²) in [4.78, 5) is 26.7. The lowest BCUT2D eigenvalue weighted by atomic mass is 10.1. The number of carbonyl (C=O) groups is 2. The monoisotopic (exact) mass is 413 g/mol. The van der Waals surface area contributed by atoms with Crippen molar-refractivity contribution in [1.29, 1.82) is 0 Å². The number of ether oxygens (including phenoxy) is 3. The molecule has 0 N–H and O–H groups in total. The predicted molar refractivity (Wildman–Crippen MR) is 113 cm³/mol. The first kappa shape index (κ1) is 20.7. The molecule has 0 aliphatic carbocycles. The summed E-state index contributed by atoms with van der Waals surface area (Å²) >= 11 is 1.35. The molecule has 29 heavy (non-hydrogen) atoms. The van der Waals surface area contributed by atoms with Crippen LogP contribution in [-0.4, -0.2) is 44.7 Å². The molecular weight excluding hydrogens is 390 g/mol. The number of thiophene rings is 1. The number of hydrogen-bond acceptors (Lipinski definition) is 6. The van der Waals surface area contributed by atoms with Crippen molar-refractivity contribution in [2.75, 3.05) is 27.9 Å². The van der Waals surface area contributed by atoms with Crippen molar-refractivity contribution in [3.05, 3.63) is 58.5 Å². The molecule has 2 aromatic carbocycles. The molecule has 152 valence electrons. The number of nitrogens with zero attached hydrogens (tertiary/aromatic N) is 1. The Kier molecular flexibility index (Phi) is 6.39. The Balaban J connectivity index is 1.61. The fourth-order valence-corrected chi connectivity index (χ4v) is 3.88. The molecule has 0 spiro atoms. The van der Waals surface area contributed by atoms with Gasteiger partial charge in [-0.1, -0.05) is 18.2 Å². The highest BCUT2D eigenvalue weighted by atomic mass is 32.1. The molecule has 3 aromatic rings. The average Bonchev–Trinajstić information content (AvgIpc) is 3.17. The molecule has 0 unspecified atom stereocenters. The summed E-state index contributed by atoms with van der Waals surface area (Å²) in [5, 5.41) is 0.983. The fourth-order valence-electron chi connectivity index (χ4n) is 2.93. The maximum atomic E-state index is 12.4. The highest BCUT2D eigenvalue weighted by Crippen LogP contribution is 2.31. The lowest BCUT2D eigenvalue weighted by Gasteiger charge is -2.20. The second-order valence-electron chi connectivity index (χ2n) is 6.61. The van der Waals surface area contributed by atoms with Crippen molar-refractivity contribution in [2.45, 2.75) is 13.5 Å². The molecule has 0 radical (unpaired) electrons. The molecule has 6 nitrogen and oxygen atoms in total. The van der Waals surface area contributed by atoms with Crippen LogP contribution in [0.25, 0.3) is 10.1 Å². The van der Waals surface area contributed by atoms with E-state index in [1.54, 1.807) is 27.3 Å². The van der Waals surface area contributed by atoms with Crippen molar-refractivity contribution in [1.82, 2.24) is 4.90 Å². The number of likely N-dealkylation sites (N-methyl/N-ethyl adjacent to an activating group) is 1. The molecule has 0 aliphatic rings. The van der Waals surface area contributed by atoms with Crippen molar-refractivity contribution in [2.24, 2.45) is 0 Å². The predicted octanol–water partition coefficient (Wildman–Crippen LogP) is 4.04. The molecule has 0 fully saturated rings. The zero-order valence-corrected chi connectivity index (χ0v) is 17.7. The SMILES string of the molecule is COc1cc(C)c(CN(C)C(=O)COC(=O)c2cc3ccccc3s2)cc1OC. The van der Waals surface area contributed by atoms with E-state index in [-0.39, 0.29) is 12.5 Å². The van der Waals surface area contributed by atoms with Gasteiger partial charge in [-0.2, -0.15) is 0 Å². The molecule has 0 atom stereocenters. The number of carbonyl (C=O) groups excluding carboxylic acids is 2. The first-order valence-corrected chi connectivity index (χ1v) is 9.85. The molecule has 3 rings (SSSR count). The molecule has 0 aliphatic heterocycles. The van der Waals surface area contributed by atoms with Crippen LogP contribution in [0.3, 0.4) is 0 Å². The minimum absolute atomic E-state index is 0.284. The van der Waals surface area contributed by atoms with Crippen LogP contribution in [-0.2, 0) is 16.1 Å². The topological polar surface area (TPSA) is 65.1 Å². The van der Waals surface area contributed by atoms with Gasteiger partial charge >= 0.3 is 5.97 Å². The van der Waals surface area contributed by atoms with Crippen LogP contribution < -0.4 is 9.47 Å². The maximum absolute atomic E-state index is 12.4. The molecule has 0 saturated heterocycles. The summed E-state index contributed by atoms with van der Waals surface area (Å²) in [6.45, 7) is 2.00. The van der Waals surface area contributed by atoms with E-state index in [1.807, 2.05) is 43.3 Å². The summed E-state index contributed by atoms with van der Waals surface area (Å²) in [5.41, 5.74) is 1.90. The molecule has 0 bridgehead atoms. The maximum Gasteiger partial charge on any atom is 0.348 e. The van der Waals surface area contributed by atoms with Crippen LogP contribution in [0, 0.1) is 6.92 Å². The van der Waals surface area contributed by atoms with Crippen LogP contribution in [0.2, 0.25) is 0 Å². The van der Waals surface area contributed by atoms with Crippen LogP contribution in [0.1, 0.15) is 20.8 Å². The Hall–Kier alpha value is -3.06. The van der Waals surface area contributed by atoms with E-state index < -0.39 is 5.97 Å². The van der Waals surface area contributed by atoms with Crippen molar-refractivity contribution in [3.8, 4) is 11.5 Å². The third-order valence-electron chi connectivity index (χ3n) is 4.63. The van der Waals surface area contributed by atoms with Gasteiger partial charge in [-0.15, -0.1) is 11.3 Å². The van der Waals surface area contributed by atoms with E-state index in [9.17, 15) is 9.59 Å². The van der Waals surface area contributed by atoms with Gasteiger partial charge in [0.1, 0.15) is 4.88 Å². The van der Waals surface area contributed by atoms with Gasteiger partial charge in [0.15, 0.2) is 18.1 Å². The molecule has 1 heterocycles. The summed E-state index contributed by atoms with van der Waals surface area (Å²) < 4.78 is 16.9. The fraction of sp³-hybridized carbons (Fsp3) is 0.273. The average molecular weight is 413 g/mol. The number of esters is 1. The first-order valence-electron chi connectivity index (χ1n) is 9.04. The number of amides is 1. The van der Waals surface area contributed by atoms with Crippen LogP contribution in [0.4, 0.5) is 0 Å². The van der Waals surface area contributed by atoms with Gasteiger partial charge < -0.3 is 19.1 Å². The van der Waals surface area contributed by atoms with Crippen molar-refractivity contribution >= 4 is 33.3 Å². The second-order valence-corrected chi connectivity index (χ2v) is 7.69. The Labute approximate surface area is 173 Å². The number of fused-ring (bicyclic) bond motifs is 1. The quantitative estimate of drug-likeness (QED) is 0.547. The summed E-state index contributed by atoms with van der Waals surface area (Å²) in [6.07, 6.45) is 0. The highest BCUT2D eigenvalue weighted by Gasteiger charge is 2.17. The molecule has 1 amide bonds. The van der Waals surface area contributed by atoms with Crippen LogP contribution in [0.15, 0.2) is 42.5 Å². The molecular formula is C22H23NO5S. The Bertz CT molecular complexity index is 1010. The summed E-state index contributed by atoms with van der Waals surface area (Å²) in [6, 6.07) is 13.2. The summed E-state index contributed by atoms with van der Waals surface area (Å²) in [7, 11) is 4.82. The van der Waals surface area contributed by atoms with E-state index in [0.717, 1.165) is 21.2 Å². The van der Waals surface area contributed by atoms with Crippen molar-refractivity contribution in [3.63, 3.8) is 0 Å². The van der Waals surface area contributed by atoms with E-state index in [1.165, 1.54) is 16.2 Å². The number of hydrogen-bond donors (Lipinski definition) is 0. The molecule has 0 saturated carbocycles. The van der Waals surface area contributed by atoms with E-state index in [2.05, 4.69) is 0 Å². The van der Waals surface area contributed by atoms with Gasteiger partial charge in [-0.25, -0.2) is 4.79 Å². The number of rotatable bonds is 7. The van der Waals surface area contributed by atoms with E-state index in [4.69, 9.17) is 14.2 Å². The van der Waals surface area contributed by atoms with Gasteiger partial charge in [-0.05, 0) is 47.7 Å². The van der Waals surface area contributed by atoms with Gasteiger partial charge in [0.2, 0.25) is 0 Å². The smallest absolute Gasteiger partial charge is 0.348 e. The Morgan fingerprint density at radius 1 is 1.03 bits per heavy atom. The van der Waals surface area contributed by atoms with Gasteiger partial charge in [0.25, 0.3) is 5.91 Å². The van der Waals surface area contributed by atoms with Crippen LogP contribution >= 0.6 is 11.3 Å². The normalized spacial score (nSPS) is 10.6. The number of methoxy groups -OCH3 is 2. The number of aryl methyl sites for hydroxylation is 1. The Morgan fingerprint density at radius 3 is 2.41 bits per heavy atom. The standard InChI is InChI=1S/C22H23NO5S/c1-14-9-17(26-3)18(27-4)10-16(14)12-23(2)21(24)13-28-22(25)20-11-15-7-5-6-8-19(15)29-20/h5-11H,12-13H2,1-4H3. The minimum atomic E-state index is -0.491. The van der Waals surface area contributed by atoms with Gasteiger partial charge in [0.05, 0.1) is 14.2 Å². The largest absolute Gasteiger partial charge is 0.493 e. The molecule has 1 aromatic heterocycles. The zero-order valence-electron chi connectivity index (χ0n) is 16.9. The van der Waals surface area contributed by atoms with Gasteiger partial charge in [0, 0.05) is 18.3 Å². The van der Waals surface area contributed by atoms with E-state index in [0.29, 0.717) is 22.9 Å². The number of benzene rings is 2. The molecule has 7 heteroatoms. The second kappa shape index (κ2) is 8.96. The zero-order chi connectivity index (χ0) is 21.0. The minimum Gasteiger partial charge on any atom is -0.493 e. The van der Waals surface area contributed by atoms with Crippen LogP contribution in [0.5, 0.6) is 11.5 Å². The lowest BCUT2D eigenvalue weighted by Crippen LogP contribution is -2.31.